The molecule has 0 fully saturated rings. The van der Waals surface area contributed by atoms with Gasteiger partial charge in [-0.2, -0.15) is 0 Å². The van der Waals surface area contributed by atoms with E-state index in [1.807, 2.05) is 55.5 Å². The Morgan fingerprint density at radius 2 is 1.70 bits per heavy atom. The van der Waals surface area contributed by atoms with Gasteiger partial charge < -0.3 is 14.8 Å². The lowest BCUT2D eigenvalue weighted by Gasteiger charge is -2.16. The Bertz CT molecular complexity index is 697. The van der Waals surface area contributed by atoms with Crippen LogP contribution in [0.5, 0.6) is 11.5 Å². The minimum Gasteiger partial charge on any atom is -0.494 e. The number of unbranched alkanes of at least 4 members (excludes halogenated alkanes) is 4. The summed E-state index contributed by atoms with van der Waals surface area (Å²) in [7, 11) is 0. The smallest absolute Gasteiger partial charge is 0.265 e. The minimum atomic E-state index is -0.579. The minimum absolute atomic E-state index is 0.178. The van der Waals surface area contributed by atoms with Crippen LogP contribution >= 0.6 is 0 Å². The second kappa shape index (κ2) is 11.3. The van der Waals surface area contributed by atoms with E-state index >= 15 is 0 Å². The molecule has 0 aliphatic rings. The fraction of sp³-hybridized carbons (Fsp3) is 0.435. The second-order valence-corrected chi connectivity index (χ2v) is 6.80. The number of amides is 1. The van der Waals surface area contributed by atoms with Gasteiger partial charge in [-0.3, -0.25) is 4.79 Å². The number of ether oxygens (including phenoxy) is 2. The molecule has 0 spiro atoms. The van der Waals surface area contributed by atoms with E-state index in [9.17, 15) is 4.79 Å². The SMILES string of the molecule is CCCCCCCOc1ccc(NC(=O)C(C)Oc2ccccc2C)cc1. The Morgan fingerprint density at radius 3 is 2.41 bits per heavy atom. The summed E-state index contributed by atoms with van der Waals surface area (Å²) < 4.78 is 11.5. The lowest BCUT2D eigenvalue weighted by Crippen LogP contribution is -2.30. The molecule has 0 aromatic heterocycles. The maximum absolute atomic E-state index is 12.3. The number of carbonyl (C=O) groups excluding carboxylic acids is 1. The Labute approximate surface area is 162 Å². The number of hydrogen-bond acceptors (Lipinski definition) is 3. The maximum atomic E-state index is 12.3. The molecule has 1 atom stereocenters. The summed E-state index contributed by atoms with van der Waals surface area (Å²) in [6.07, 6.45) is 5.52. The van der Waals surface area contributed by atoms with Gasteiger partial charge in [0.05, 0.1) is 6.61 Å². The van der Waals surface area contributed by atoms with Gasteiger partial charge in [-0.15, -0.1) is 0 Å². The first-order chi connectivity index (χ1) is 13.1. The summed E-state index contributed by atoms with van der Waals surface area (Å²) in [6.45, 7) is 6.66. The number of benzene rings is 2. The van der Waals surface area contributed by atoms with E-state index in [0.717, 1.165) is 35.8 Å². The molecule has 2 aromatic rings. The zero-order chi connectivity index (χ0) is 19.5. The van der Waals surface area contributed by atoms with E-state index in [-0.39, 0.29) is 5.91 Å². The summed E-state index contributed by atoms with van der Waals surface area (Å²) in [5.74, 6) is 1.37. The summed E-state index contributed by atoms with van der Waals surface area (Å²) in [5, 5.41) is 2.88. The van der Waals surface area contributed by atoms with Gasteiger partial charge in [0.2, 0.25) is 0 Å². The standard InChI is InChI=1S/C23H31NO3/c1-4-5-6-7-10-17-26-21-15-13-20(14-16-21)24-23(25)19(3)27-22-12-9-8-11-18(22)2/h8-9,11-16,19H,4-7,10,17H2,1-3H3,(H,24,25). The number of para-hydroxylation sites is 1. The van der Waals surface area contributed by atoms with Crippen molar-refractivity contribution in [3.63, 3.8) is 0 Å². The Balaban J connectivity index is 1.76. The van der Waals surface area contributed by atoms with Gasteiger partial charge in [0, 0.05) is 5.69 Å². The molecule has 0 aliphatic heterocycles. The van der Waals surface area contributed by atoms with Gasteiger partial charge in [-0.05, 0) is 56.2 Å². The molecule has 4 heteroatoms. The lowest BCUT2D eigenvalue weighted by molar-refractivity contribution is -0.122. The monoisotopic (exact) mass is 369 g/mol. The molecular weight excluding hydrogens is 338 g/mol. The van der Waals surface area contributed by atoms with Crippen LogP contribution in [0.1, 0.15) is 51.5 Å². The fourth-order valence-corrected chi connectivity index (χ4v) is 2.71. The van der Waals surface area contributed by atoms with Crippen molar-refractivity contribution in [2.75, 3.05) is 11.9 Å². The van der Waals surface area contributed by atoms with Crippen molar-refractivity contribution in [1.82, 2.24) is 0 Å². The molecule has 0 bridgehead atoms. The molecule has 0 saturated heterocycles. The lowest BCUT2D eigenvalue weighted by atomic mass is 10.2. The summed E-state index contributed by atoms with van der Waals surface area (Å²) >= 11 is 0. The van der Waals surface area contributed by atoms with Crippen LogP contribution in [0.4, 0.5) is 5.69 Å². The predicted molar refractivity (Wildman–Crippen MR) is 111 cm³/mol. The summed E-state index contributed by atoms with van der Waals surface area (Å²) in [6, 6.07) is 15.1. The van der Waals surface area contributed by atoms with Gasteiger partial charge in [0.25, 0.3) is 5.91 Å². The Morgan fingerprint density at radius 1 is 1.00 bits per heavy atom. The van der Waals surface area contributed by atoms with Gasteiger partial charge in [0.15, 0.2) is 6.10 Å². The highest BCUT2D eigenvalue weighted by atomic mass is 16.5. The van der Waals surface area contributed by atoms with Crippen molar-refractivity contribution in [3.8, 4) is 11.5 Å². The van der Waals surface area contributed by atoms with Gasteiger partial charge in [-0.1, -0.05) is 50.8 Å². The van der Waals surface area contributed by atoms with Crippen LogP contribution in [0.25, 0.3) is 0 Å². The van der Waals surface area contributed by atoms with E-state index in [4.69, 9.17) is 9.47 Å². The molecule has 1 amide bonds. The highest BCUT2D eigenvalue weighted by Crippen LogP contribution is 2.19. The van der Waals surface area contributed by atoms with Crippen molar-refractivity contribution < 1.29 is 14.3 Å². The summed E-state index contributed by atoms with van der Waals surface area (Å²) in [5.41, 5.74) is 1.74. The first-order valence-corrected chi connectivity index (χ1v) is 9.86. The quantitative estimate of drug-likeness (QED) is 0.513. The van der Waals surface area contributed by atoms with Crippen LogP contribution in [0.15, 0.2) is 48.5 Å². The number of nitrogens with one attached hydrogen (secondary N) is 1. The van der Waals surface area contributed by atoms with E-state index in [1.54, 1.807) is 6.92 Å². The molecule has 0 saturated carbocycles. The van der Waals surface area contributed by atoms with Gasteiger partial charge in [0.1, 0.15) is 11.5 Å². The number of carbonyl (C=O) groups is 1. The van der Waals surface area contributed by atoms with Crippen LogP contribution in [-0.4, -0.2) is 18.6 Å². The highest BCUT2D eigenvalue weighted by Gasteiger charge is 2.15. The van der Waals surface area contributed by atoms with Gasteiger partial charge >= 0.3 is 0 Å². The van der Waals surface area contributed by atoms with Crippen LogP contribution in [0, 0.1) is 6.92 Å². The maximum Gasteiger partial charge on any atom is 0.265 e. The van der Waals surface area contributed by atoms with E-state index in [2.05, 4.69) is 12.2 Å². The zero-order valence-electron chi connectivity index (χ0n) is 16.7. The van der Waals surface area contributed by atoms with Crippen molar-refractivity contribution in [1.29, 1.82) is 0 Å². The van der Waals surface area contributed by atoms with Crippen LogP contribution < -0.4 is 14.8 Å². The third-order valence-electron chi connectivity index (χ3n) is 4.41. The van der Waals surface area contributed by atoms with Crippen LogP contribution in [0.2, 0.25) is 0 Å². The average Bonchev–Trinajstić information content (AvgIpc) is 2.67. The molecule has 0 aliphatic carbocycles. The summed E-state index contributed by atoms with van der Waals surface area (Å²) in [4.78, 5) is 12.3. The van der Waals surface area contributed by atoms with E-state index in [0.29, 0.717) is 0 Å². The molecule has 0 radical (unpaired) electrons. The zero-order valence-corrected chi connectivity index (χ0v) is 16.7. The molecule has 146 valence electrons. The molecule has 1 N–H and O–H groups in total. The highest BCUT2D eigenvalue weighted by molar-refractivity contribution is 5.94. The van der Waals surface area contributed by atoms with Crippen molar-refractivity contribution >= 4 is 11.6 Å². The molecule has 27 heavy (non-hydrogen) atoms. The normalized spacial score (nSPS) is 11.7. The molecule has 4 nitrogen and oxygen atoms in total. The first kappa shape index (κ1) is 20.8. The first-order valence-electron chi connectivity index (χ1n) is 9.86. The molecule has 1 unspecified atom stereocenters. The largest absolute Gasteiger partial charge is 0.494 e. The predicted octanol–water partition coefficient (Wildman–Crippen LogP) is 5.75. The Hall–Kier alpha value is -2.49. The second-order valence-electron chi connectivity index (χ2n) is 6.80. The van der Waals surface area contributed by atoms with Crippen molar-refractivity contribution in [3.05, 3.63) is 54.1 Å². The molecule has 0 heterocycles. The van der Waals surface area contributed by atoms with Crippen LogP contribution in [-0.2, 0) is 4.79 Å². The molecular formula is C23H31NO3. The topological polar surface area (TPSA) is 47.6 Å². The van der Waals surface area contributed by atoms with Crippen molar-refractivity contribution in [2.45, 2.75) is 59.0 Å². The van der Waals surface area contributed by atoms with Crippen LogP contribution in [0.3, 0.4) is 0 Å². The number of aryl methyl sites for hydroxylation is 1. The fourth-order valence-electron chi connectivity index (χ4n) is 2.71. The van der Waals surface area contributed by atoms with Gasteiger partial charge in [-0.25, -0.2) is 0 Å². The van der Waals surface area contributed by atoms with Crippen molar-refractivity contribution in [2.24, 2.45) is 0 Å². The number of anilines is 1. The Kier molecular flexibility index (Phi) is 8.69. The third-order valence-corrected chi connectivity index (χ3v) is 4.41. The average molecular weight is 370 g/mol. The third kappa shape index (κ3) is 7.33. The number of rotatable bonds is 11. The molecule has 2 rings (SSSR count). The van der Waals surface area contributed by atoms with E-state index < -0.39 is 6.10 Å². The van der Waals surface area contributed by atoms with E-state index in [1.165, 1.54) is 25.7 Å². The number of hydrogen-bond donors (Lipinski definition) is 1. The molecule has 2 aromatic carbocycles.